The summed E-state index contributed by atoms with van der Waals surface area (Å²) in [5, 5.41) is 18.8. The summed E-state index contributed by atoms with van der Waals surface area (Å²) in [6.45, 7) is 0. The van der Waals surface area contributed by atoms with Gasteiger partial charge in [0, 0.05) is 18.6 Å². The van der Waals surface area contributed by atoms with Gasteiger partial charge in [0.25, 0.3) is 5.69 Å². The molecule has 0 fully saturated rings. The lowest BCUT2D eigenvalue weighted by atomic mass is 10.1. The van der Waals surface area contributed by atoms with Gasteiger partial charge < -0.3 is 5.73 Å². The molecule has 0 aromatic heterocycles. The second-order valence-corrected chi connectivity index (χ2v) is 2.86. The molecule has 2 N–H and O–H groups in total. The first-order valence-corrected chi connectivity index (χ1v) is 4.02. The molecule has 0 radical (unpaired) electrons. The van der Waals surface area contributed by atoms with Gasteiger partial charge in [-0.05, 0) is 5.56 Å². The van der Waals surface area contributed by atoms with Gasteiger partial charge in [0.15, 0.2) is 0 Å². The molecule has 0 spiro atoms. The van der Waals surface area contributed by atoms with Crippen LogP contribution < -0.4 is 5.73 Å². The van der Waals surface area contributed by atoms with E-state index in [-0.39, 0.29) is 5.69 Å². The maximum Gasteiger partial charge on any atom is 0.269 e. The van der Waals surface area contributed by atoms with Gasteiger partial charge in [0.05, 0.1) is 17.0 Å². The van der Waals surface area contributed by atoms with Crippen LogP contribution in [0.15, 0.2) is 24.3 Å². The van der Waals surface area contributed by atoms with E-state index in [2.05, 4.69) is 0 Å². The van der Waals surface area contributed by atoms with Gasteiger partial charge in [0.2, 0.25) is 0 Å². The summed E-state index contributed by atoms with van der Waals surface area (Å²) in [5.74, 6) is 0. The lowest BCUT2D eigenvalue weighted by molar-refractivity contribution is -0.384. The average molecular weight is 191 g/mol. The van der Waals surface area contributed by atoms with Crippen molar-refractivity contribution in [2.24, 2.45) is 5.73 Å². The zero-order valence-corrected chi connectivity index (χ0v) is 7.38. The maximum absolute atomic E-state index is 10.3. The van der Waals surface area contributed by atoms with E-state index >= 15 is 0 Å². The van der Waals surface area contributed by atoms with Crippen LogP contribution in [0, 0.1) is 21.4 Å². The van der Waals surface area contributed by atoms with Crippen LogP contribution in [0.1, 0.15) is 5.56 Å². The molecule has 1 rings (SSSR count). The van der Waals surface area contributed by atoms with E-state index in [1.165, 1.54) is 12.1 Å². The van der Waals surface area contributed by atoms with Gasteiger partial charge in [-0.25, -0.2) is 0 Å². The lowest BCUT2D eigenvalue weighted by Gasteiger charge is -2.01. The van der Waals surface area contributed by atoms with Crippen molar-refractivity contribution in [3.63, 3.8) is 0 Å². The number of nitrogens with two attached hydrogens (primary N) is 1. The fraction of sp³-hybridized carbons (Fsp3) is 0.222. The van der Waals surface area contributed by atoms with Crippen molar-refractivity contribution in [3.05, 3.63) is 39.9 Å². The van der Waals surface area contributed by atoms with Crippen molar-refractivity contribution >= 4 is 5.69 Å². The molecule has 0 saturated carbocycles. The first kappa shape index (κ1) is 10.2. The average Bonchev–Trinajstić information content (AvgIpc) is 2.18. The minimum atomic E-state index is -0.559. The molecule has 72 valence electrons. The van der Waals surface area contributed by atoms with E-state index in [1.807, 2.05) is 6.07 Å². The molecule has 0 saturated heterocycles. The third-order valence-electron chi connectivity index (χ3n) is 1.77. The lowest BCUT2D eigenvalue weighted by Crippen LogP contribution is -2.19. The molecular weight excluding hydrogens is 182 g/mol. The van der Waals surface area contributed by atoms with Crippen LogP contribution >= 0.6 is 0 Å². The zero-order valence-electron chi connectivity index (χ0n) is 7.38. The quantitative estimate of drug-likeness (QED) is 0.569. The predicted octanol–water partition coefficient (Wildman–Crippen LogP) is 0.988. The van der Waals surface area contributed by atoms with Crippen LogP contribution in [0.2, 0.25) is 0 Å². The van der Waals surface area contributed by atoms with E-state index in [0.29, 0.717) is 6.42 Å². The van der Waals surface area contributed by atoms with Gasteiger partial charge in [-0.2, -0.15) is 5.26 Å². The van der Waals surface area contributed by atoms with E-state index in [4.69, 9.17) is 11.0 Å². The Morgan fingerprint density at radius 1 is 1.50 bits per heavy atom. The van der Waals surface area contributed by atoms with Gasteiger partial charge in [0.1, 0.15) is 0 Å². The van der Waals surface area contributed by atoms with Crippen LogP contribution in [-0.4, -0.2) is 11.0 Å². The number of non-ortho nitro benzene ring substituents is 1. The Morgan fingerprint density at radius 2 is 2.07 bits per heavy atom. The summed E-state index contributed by atoms with van der Waals surface area (Å²) < 4.78 is 0. The zero-order chi connectivity index (χ0) is 10.6. The molecule has 1 aromatic carbocycles. The molecule has 5 nitrogen and oxygen atoms in total. The van der Waals surface area contributed by atoms with E-state index in [1.54, 1.807) is 12.1 Å². The molecule has 0 heterocycles. The highest BCUT2D eigenvalue weighted by molar-refractivity contribution is 5.33. The standard InChI is InChI=1S/C9H9N3O2/c10-6-8(11)5-7-1-3-9(4-2-7)12(13)14/h1-4,8H,5,11H2. The van der Waals surface area contributed by atoms with Crippen LogP contribution in [0.25, 0.3) is 0 Å². The Balaban J connectivity index is 2.75. The third kappa shape index (κ3) is 2.54. The van der Waals surface area contributed by atoms with Gasteiger partial charge in [-0.3, -0.25) is 10.1 Å². The smallest absolute Gasteiger partial charge is 0.269 e. The normalized spacial score (nSPS) is 11.7. The van der Waals surface area contributed by atoms with Crippen molar-refractivity contribution in [1.29, 1.82) is 5.26 Å². The predicted molar refractivity (Wildman–Crippen MR) is 50.4 cm³/mol. The number of nitriles is 1. The minimum Gasteiger partial charge on any atom is -0.316 e. The highest BCUT2D eigenvalue weighted by Gasteiger charge is 2.06. The molecule has 1 aromatic rings. The van der Waals surface area contributed by atoms with Crippen LogP contribution in [0.4, 0.5) is 5.69 Å². The molecular formula is C9H9N3O2. The number of benzene rings is 1. The maximum atomic E-state index is 10.3. The van der Waals surface area contributed by atoms with Crippen molar-refractivity contribution < 1.29 is 4.92 Å². The van der Waals surface area contributed by atoms with Crippen LogP contribution in [0.5, 0.6) is 0 Å². The Labute approximate surface area is 80.9 Å². The highest BCUT2D eigenvalue weighted by Crippen LogP contribution is 2.12. The van der Waals surface area contributed by atoms with E-state index < -0.39 is 11.0 Å². The number of nitro benzene ring substituents is 1. The van der Waals surface area contributed by atoms with E-state index in [0.717, 1.165) is 5.56 Å². The van der Waals surface area contributed by atoms with Gasteiger partial charge in [-0.1, -0.05) is 12.1 Å². The summed E-state index contributed by atoms with van der Waals surface area (Å²) in [5.41, 5.74) is 6.27. The second kappa shape index (κ2) is 4.35. The Kier molecular flexibility index (Phi) is 3.15. The fourth-order valence-corrected chi connectivity index (χ4v) is 1.05. The molecule has 0 aliphatic carbocycles. The van der Waals surface area contributed by atoms with E-state index in [9.17, 15) is 10.1 Å². The molecule has 0 amide bonds. The van der Waals surface area contributed by atoms with Crippen molar-refractivity contribution in [1.82, 2.24) is 0 Å². The molecule has 14 heavy (non-hydrogen) atoms. The van der Waals surface area contributed by atoms with Crippen molar-refractivity contribution in [3.8, 4) is 6.07 Å². The third-order valence-corrected chi connectivity index (χ3v) is 1.77. The monoisotopic (exact) mass is 191 g/mol. The molecule has 0 bridgehead atoms. The number of rotatable bonds is 3. The highest BCUT2D eigenvalue weighted by atomic mass is 16.6. The number of nitrogens with zero attached hydrogens (tertiary/aromatic N) is 2. The number of hydrogen-bond donors (Lipinski definition) is 1. The molecule has 1 atom stereocenters. The Bertz CT molecular complexity index is 367. The van der Waals surface area contributed by atoms with Crippen molar-refractivity contribution in [2.75, 3.05) is 0 Å². The summed E-state index contributed by atoms with van der Waals surface area (Å²) in [7, 11) is 0. The summed E-state index contributed by atoms with van der Waals surface area (Å²) in [6, 6.07) is 7.35. The van der Waals surface area contributed by atoms with Gasteiger partial charge in [-0.15, -0.1) is 0 Å². The second-order valence-electron chi connectivity index (χ2n) is 2.86. The Hall–Kier alpha value is -1.93. The van der Waals surface area contributed by atoms with Crippen LogP contribution in [-0.2, 0) is 6.42 Å². The van der Waals surface area contributed by atoms with Gasteiger partial charge >= 0.3 is 0 Å². The SMILES string of the molecule is N#CC(N)Cc1ccc([N+](=O)[O-])cc1. The number of hydrogen-bond acceptors (Lipinski definition) is 4. The number of nitro groups is 1. The Morgan fingerprint density at radius 3 is 2.50 bits per heavy atom. The topological polar surface area (TPSA) is 93.0 Å². The molecule has 5 heteroatoms. The summed E-state index contributed by atoms with van der Waals surface area (Å²) >= 11 is 0. The first-order chi connectivity index (χ1) is 6.63. The summed E-state index contributed by atoms with van der Waals surface area (Å²) in [4.78, 5) is 9.85. The molecule has 1 unspecified atom stereocenters. The van der Waals surface area contributed by atoms with Crippen LogP contribution in [0.3, 0.4) is 0 Å². The molecule has 0 aliphatic heterocycles. The molecule has 0 aliphatic rings. The largest absolute Gasteiger partial charge is 0.316 e. The minimum absolute atomic E-state index is 0.0410. The van der Waals surface area contributed by atoms with Crippen molar-refractivity contribution in [2.45, 2.75) is 12.5 Å². The summed E-state index contributed by atoms with van der Waals surface area (Å²) in [6.07, 6.45) is 0.411. The fourth-order valence-electron chi connectivity index (χ4n) is 1.05. The first-order valence-electron chi connectivity index (χ1n) is 4.02.